The third kappa shape index (κ3) is 8.59. The molecule has 14 aromatic carbocycles. The Kier molecular flexibility index (Phi) is 12.2. The van der Waals surface area contributed by atoms with Gasteiger partial charge in [-0.15, -0.1) is 0 Å². The Morgan fingerprint density at radius 2 is 0.468 bits per heavy atom. The van der Waals surface area contributed by atoms with Gasteiger partial charge in [-0.05, 0) is 195 Å². The third-order valence-electron chi connectivity index (χ3n) is 19.3. The first-order valence-corrected chi connectivity index (χ1v) is 32.2. The van der Waals surface area contributed by atoms with Gasteiger partial charge in [0.25, 0.3) is 0 Å². The molecule has 5 nitrogen and oxygen atoms in total. The molecule has 19 rings (SSSR count). The minimum absolute atomic E-state index is 0.831. The van der Waals surface area contributed by atoms with Crippen LogP contribution >= 0.6 is 0 Å². The van der Waals surface area contributed by atoms with E-state index in [0.717, 1.165) is 94.8 Å². The number of para-hydroxylation sites is 6. The van der Waals surface area contributed by atoms with Crippen LogP contribution in [0.25, 0.3) is 177 Å². The molecule has 438 valence electrons. The molecule has 0 aliphatic carbocycles. The van der Waals surface area contributed by atoms with Crippen molar-refractivity contribution in [1.82, 2.24) is 23.3 Å². The quantitative estimate of drug-likeness (QED) is 0.134. The van der Waals surface area contributed by atoms with Crippen LogP contribution in [0.2, 0.25) is 0 Å². The SMILES string of the molecule is c1ccc(-c2cc(-c3ccccc3)cc(-c3cccc(-c4ccc(-n5c6ccccc6c6cc(-c7ccc8c(c7)c7ccccc7n8-c7ccccc7)ccc65)nc4-n4c5ccccc5c5cc(-c6ccc7c(c6)c6ccccc6n7-c6ccccc6)ccc54)c3)c2)cc1. The predicted octanol–water partition coefficient (Wildman–Crippen LogP) is 23.5. The molecular weight excluding hydrogens is 1140 g/mol. The maximum atomic E-state index is 6.01. The molecule has 5 aromatic heterocycles. The van der Waals surface area contributed by atoms with Gasteiger partial charge in [-0.1, -0.05) is 212 Å². The van der Waals surface area contributed by atoms with Gasteiger partial charge in [-0.25, -0.2) is 4.98 Å². The van der Waals surface area contributed by atoms with Crippen LogP contribution in [0.4, 0.5) is 0 Å². The molecule has 94 heavy (non-hydrogen) atoms. The number of rotatable bonds is 10. The maximum absolute atomic E-state index is 6.01. The van der Waals surface area contributed by atoms with Crippen LogP contribution in [0.3, 0.4) is 0 Å². The van der Waals surface area contributed by atoms with E-state index in [1.165, 1.54) is 82.2 Å². The number of benzene rings is 14. The maximum Gasteiger partial charge on any atom is 0.148 e. The fourth-order valence-electron chi connectivity index (χ4n) is 15.0. The van der Waals surface area contributed by atoms with E-state index in [-0.39, 0.29) is 0 Å². The Morgan fingerprint density at radius 1 is 0.170 bits per heavy atom. The summed E-state index contributed by atoms with van der Waals surface area (Å²) in [5.74, 6) is 1.68. The highest BCUT2D eigenvalue weighted by Crippen LogP contribution is 2.44. The predicted molar refractivity (Wildman–Crippen MR) is 394 cm³/mol. The van der Waals surface area contributed by atoms with E-state index in [9.17, 15) is 0 Å². The van der Waals surface area contributed by atoms with E-state index in [0.29, 0.717) is 0 Å². The van der Waals surface area contributed by atoms with Crippen molar-refractivity contribution in [2.24, 2.45) is 0 Å². The Hall–Kier alpha value is -12.6. The summed E-state index contributed by atoms with van der Waals surface area (Å²) >= 11 is 0. The summed E-state index contributed by atoms with van der Waals surface area (Å²) in [5, 5.41) is 9.57. The van der Waals surface area contributed by atoms with Crippen LogP contribution in [0.1, 0.15) is 0 Å². The summed E-state index contributed by atoms with van der Waals surface area (Å²) in [7, 11) is 0. The van der Waals surface area contributed by atoms with Gasteiger partial charge in [0.2, 0.25) is 0 Å². The van der Waals surface area contributed by atoms with Crippen molar-refractivity contribution in [3.63, 3.8) is 0 Å². The van der Waals surface area contributed by atoms with Gasteiger partial charge in [-0.2, -0.15) is 0 Å². The van der Waals surface area contributed by atoms with E-state index < -0.39 is 0 Å². The first-order chi connectivity index (χ1) is 46.6. The Labute approximate surface area is 542 Å². The highest BCUT2D eigenvalue weighted by Gasteiger charge is 2.23. The molecule has 0 saturated carbocycles. The van der Waals surface area contributed by atoms with Crippen molar-refractivity contribution in [3.8, 4) is 89.8 Å². The largest absolute Gasteiger partial charge is 0.309 e. The molecule has 5 heterocycles. The molecule has 0 spiro atoms. The second-order valence-corrected chi connectivity index (χ2v) is 24.7. The first-order valence-electron chi connectivity index (χ1n) is 32.2. The summed E-state index contributed by atoms with van der Waals surface area (Å²) < 4.78 is 9.54. The van der Waals surface area contributed by atoms with Crippen molar-refractivity contribution >= 4 is 87.2 Å². The number of pyridine rings is 1. The van der Waals surface area contributed by atoms with Crippen LogP contribution in [0.15, 0.2) is 346 Å². The molecular formula is C89H57N5. The van der Waals surface area contributed by atoms with Crippen molar-refractivity contribution in [2.75, 3.05) is 0 Å². The van der Waals surface area contributed by atoms with Crippen LogP contribution in [0.5, 0.6) is 0 Å². The van der Waals surface area contributed by atoms with Gasteiger partial charge in [-0.3, -0.25) is 9.13 Å². The number of hydrogen-bond donors (Lipinski definition) is 0. The Bertz CT molecular complexity index is 6150. The number of fused-ring (bicyclic) bond motifs is 12. The molecule has 19 aromatic rings. The highest BCUT2D eigenvalue weighted by molar-refractivity contribution is 6.15. The zero-order valence-electron chi connectivity index (χ0n) is 51.1. The van der Waals surface area contributed by atoms with Crippen molar-refractivity contribution in [1.29, 1.82) is 0 Å². The van der Waals surface area contributed by atoms with E-state index in [1.54, 1.807) is 0 Å². The molecule has 0 atom stereocenters. The van der Waals surface area contributed by atoms with Gasteiger partial charge >= 0.3 is 0 Å². The van der Waals surface area contributed by atoms with E-state index in [1.807, 2.05) is 0 Å². The zero-order valence-corrected chi connectivity index (χ0v) is 51.1. The first kappa shape index (κ1) is 53.3. The number of aromatic nitrogens is 5. The van der Waals surface area contributed by atoms with Crippen molar-refractivity contribution < 1.29 is 0 Å². The molecule has 0 bridgehead atoms. The second-order valence-electron chi connectivity index (χ2n) is 24.7. The molecule has 0 saturated heterocycles. The summed E-state index contributed by atoms with van der Waals surface area (Å²) in [6.45, 7) is 0. The van der Waals surface area contributed by atoms with Crippen LogP contribution in [-0.4, -0.2) is 23.3 Å². The summed E-state index contributed by atoms with van der Waals surface area (Å²) in [6.07, 6.45) is 0. The fraction of sp³-hybridized carbons (Fsp3) is 0. The average molecular weight is 1200 g/mol. The van der Waals surface area contributed by atoms with Crippen molar-refractivity contribution in [3.05, 3.63) is 346 Å². The highest BCUT2D eigenvalue weighted by atomic mass is 15.1. The van der Waals surface area contributed by atoms with E-state index in [2.05, 4.69) is 364 Å². The molecule has 0 amide bonds. The molecule has 0 N–H and O–H groups in total. The van der Waals surface area contributed by atoms with Gasteiger partial charge in [0.1, 0.15) is 11.6 Å². The van der Waals surface area contributed by atoms with Gasteiger partial charge in [0, 0.05) is 60.0 Å². The lowest BCUT2D eigenvalue weighted by Gasteiger charge is -2.17. The van der Waals surface area contributed by atoms with Crippen LogP contribution in [-0.2, 0) is 0 Å². The lowest BCUT2D eigenvalue weighted by atomic mass is 9.92. The topological polar surface area (TPSA) is 32.6 Å². The van der Waals surface area contributed by atoms with Gasteiger partial charge in [0.15, 0.2) is 0 Å². The molecule has 5 heteroatoms. The molecule has 0 fully saturated rings. The third-order valence-corrected chi connectivity index (χ3v) is 19.3. The molecule has 0 aliphatic rings. The summed E-state index contributed by atoms with van der Waals surface area (Å²) in [6, 6.07) is 126. The average Bonchev–Trinajstić information content (AvgIpc) is 1.59. The second kappa shape index (κ2) is 21.6. The minimum atomic E-state index is 0.831. The zero-order chi connectivity index (χ0) is 61.8. The van der Waals surface area contributed by atoms with Crippen LogP contribution < -0.4 is 0 Å². The normalized spacial score (nSPS) is 11.8. The van der Waals surface area contributed by atoms with Gasteiger partial charge in [0.05, 0.1) is 44.1 Å². The molecule has 0 unspecified atom stereocenters. The van der Waals surface area contributed by atoms with Crippen LogP contribution in [0, 0.1) is 0 Å². The number of nitrogens with zero attached hydrogens (tertiary/aromatic N) is 5. The number of hydrogen-bond acceptors (Lipinski definition) is 1. The smallest absolute Gasteiger partial charge is 0.148 e. The minimum Gasteiger partial charge on any atom is -0.309 e. The standard InChI is InChI=1S/C89H57N5/c1-5-22-58(23-6-1)66-51-67(59-24-7-2-8-25-59)53-68(52-66)60-26-21-27-65(50-60)71-44-49-88(93-82-38-19-15-34-74(82)78-56-63(42-47-86(78)93)61-40-45-84-76(54-61)72-32-13-17-36-80(72)91(84)69-28-9-3-10-29-69)90-89(71)94-83-39-20-16-35-75(83)79-57-64(43-48-87(79)94)62-41-46-85-77(55-62)73-33-14-18-37-81(73)92(85)70-30-11-4-12-31-70/h1-57H. The Morgan fingerprint density at radius 3 is 0.904 bits per heavy atom. The molecule has 0 radical (unpaired) electrons. The molecule has 0 aliphatic heterocycles. The fourth-order valence-corrected chi connectivity index (χ4v) is 15.0. The monoisotopic (exact) mass is 1200 g/mol. The Balaban J connectivity index is 0.800. The lowest BCUT2D eigenvalue weighted by Crippen LogP contribution is -2.05. The van der Waals surface area contributed by atoms with Crippen molar-refractivity contribution in [2.45, 2.75) is 0 Å². The lowest BCUT2D eigenvalue weighted by molar-refractivity contribution is 1.02. The summed E-state index contributed by atoms with van der Waals surface area (Å²) in [4.78, 5) is 6.01. The van der Waals surface area contributed by atoms with Gasteiger partial charge < -0.3 is 9.13 Å². The summed E-state index contributed by atoms with van der Waals surface area (Å²) in [5.41, 5.74) is 25.1. The van der Waals surface area contributed by atoms with E-state index >= 15 is 0 Å². The van der Waals surface area contributed by atoms with E-state index in [4.69, 9.17) is 4.98 Å².